The number of alkyl halides is 3. The van der Waals surface area contributed by atoms with Gasteiger partial charge in [0.2, 0.25) is 0 Å². The molecule has 2 aromatic heterocycles. The van der Waals surface area contributed by atoms with Crippen LogP contribution in [0.4, 0.5) is 13.2 Å². The van der Waals surface area contributed by atoms with E-state index in [1.54, 1.807) is 16.2 Å². The first-order chi connectivity index (χ1) is 17.2. The number of piperazine rings is 1. The normalized spacial score (nSPS) is 24.0. The van der Waals surface area contributed by atoms with Gasteiger partial charge < -0.3 is 4.90 Å². The zero-order chi connectivity index (χ0) is 27.2. The maximum absolute atomic E-state index is 12.9. The zero-order valence-corrected chi connectivity index (χ0v) is 22.4. The van der Waals surface area contributed by atoms with Crippen LogP contribution in [0.25, 0.3) is 11.2 Å². The molecule has 2 aromatic rings. The monoisotopic (exact) mass is 521 g/mol. The number of hydrogen-bond acceptors (Lipinski definition) is 4. The molecule has 2 aliphatic rings. The molecular formula is C27H38F3N5O2. The van der Waals surface area contributed by atoms with Gasteiger partial charge in [0.15, 0.2) is 5.65 Å². The summed E-state index contributed by atoms with van der Waals surface area (Å²) >= 11 is 0. The molecule has 0 radical (unpaired) electrons. The largest absolute Gasteiger partial charge is 0.471 e. The fraction of sp³-hybridized carbons (Fsp3) is 0.667. The quantitative estimate of drug-likeness (QED) is 0.563. The van der Waals surface area contributed by atoms with E-state index in [-0.39, 0.29) is 35.5 Å². The summed E-state index contributed by atoms with van der Waals surface area (Å²) in [6.07, 6.45) is 2.14. The van der Waals surface area contributed by atoms with Crippen LogP contribution >= 0.6 is 0 Å². The van der Waals surface area contributed by atoms with E-state index in [1.807, 2.05) is 12.1 Å². The predicted octanol–water partition coefficient (Wildman–Crippen LogP) is 4.32. The predicted molar refractivity (Wildman–Crippen MR) is 137 cm³/mol. The van der Waals surface area contributed by atoms with Crippen molar-refractivity contribution in [3.05, 3.63) is 40.5 Å². The van der Waals surface area contributed by atoms with Gasteiger partial charge in [-0.25, -0.2) is 9.78 Å². The molecule has 1 saturated heterocycles. The molecule has 4 rings (SSSR count). The molecular weight excluding hydrogens is 483 g/mol. The maximum Gasteiger partial charge on any atom is 0.471 e. The lowest BCUT2D eigenvalue weighted by Crippen LogP contribution is -2.54. The molecule has 0 bridgehead atoms. The van der Waals surface area contributed by atoms with E-state index < -0.39 is 12.1 Å². The van der Waals surface area contributed by atoms with Gasteiger partial charge in [-0.1, -0.05) is 39.8 Å². The van der Waals surface area contributed by atoms with E-state index in [9.17, 15) is 22.8 Å². The Bertz CT molecular complexity index is 1230. The lowest BCUT2D eigenvalue weighted by molar-refractivity contribution is -0.187. The Morgan fingerprint density at radius 3 is 2.41 bits per heavy atom. The number of amides is 1. The highest BCUT2D eigenvalue weighted by Crippen LogP contribution is 2.40. The van der Waals surface area contributed by atoms with Crippen LogP contribution in [0.2, 0.25) is 0 Å². The maximum atomic E-state index is 12.9. The Morgan fingerprint density at radius 1 is 1.11 bits per heavy atom. The van der Waals surface area contributed by atoms with E-state index in [4.69, 9.17) is 4.98 Å². The number of carbonyl (C=O) groups excluding carboxylic acids is 1. The van der Waals surface area contributed by atoms with Gasteiger partial charge in [0.25, 0.3) is 0 Å². The number of nitrogens with zero attached hydrogens (tertiary/aromatic N) is 5. The number of rotatable bonds is 4. The van der Waals surface area contributed by atoms with Gasteiger partial charge in [-0.15, -0.1) is 0 Å². The molecule has 0 saturated carbocycles. The molecule has 2 atom stereocenters. The van der Waals surface area contributed by atoms with E-state index in [1.165, 1.54) is 0 Å². The van der Waals surface area contributed by atoms with Crippen molar-refractivity contribution in [3.63, 3.8) is 0 Å². The van der Waals surface area contributed by atoms with Crippen LogP contribution in [-0.2, 0) is 18.4 Å². The molecule has 204 valence electrons. The molecule has 0 N–H and O–H groups in total. The number of allylic oxidation sites excluding steroid dienone is 2. The van der Waals surface area contributed by atoms with Crippen molar-refractivity contribution in [2.24, 2.45) is 17.9 Å². The first-order valence-electron chi connectivity index (χ1n) is 13.0. The van der Waals surface area contributed by atoms with Crippen molar-refractivity contribution in [2.75, 3.05) is 32.7 Å². The molecule has 3 heterocycles. The summed E-state index contributed by atoms with van der Waals surface area (Å²) in [6, 6.07) is 4.04. The summed E-state index contributed by atoms with van der Waals surface area (Å²) in [6.45, 7) is 10.9. The number of hydrogen-bond donors (Lipinski definition) is 0. The second-order valence-corrected chi connectivity index (χ2v) is 12.3. The minimum atomic E-state index is -4.82. The minimum absolute atomic E-state index is 0.0454. The molecule has 7 nitrogen and oxygen atoms in total. The van der Waals surface area contributed by atoms with Crippen molar-refractivity contribution in [1.29, 1.82) is 0 Å². The second-order valence-electron chi connectivity index (χ2n) is 12.3. The van der Waals surface area contributed by atoms with Crippen LogP contribution in [0.1, 0.15) is 58.6 Å². The number of imidazole rings is 1. The Morgan fingerprint density at radius 2 is 1.78 bits per heavy atom. The van der Waals surface area contributed by atoms with Crippen LogP contribution in [0.5, 0.6) is 0 Å². The van der Waals surface area contributed by atoms with Crippen molar-refractivity contribution >= 4 is 17.1 Å². The highest BCUT2D eigenvalue weighted by Gasteiger charge is 2.43. The first-order valence-corrected chi connectivity index (χ1v) is 13.0. The molecule has 1 aliphatic carbocycles. The third-order valence-electron chi connectivity index (χ3n) is 7.50. The highest BCUT2D eigenvalue weighted by atomic mass is 19.4. The van der Waals surface area contributed by atoms with Crippen molar-refractivity contribution in [2.45, 2.75) is 65.6 Å². The molecule has 0 spiro atoms. The van der Waals surface area contributed by atoms with E-state index in [0.717, 1.165) is 41.9 Å². The third-order valence-corrected chi connectivity index (χ3v) is 7.50. The molecule has 10 heteroatoms. The summed E-state index contributed by atoms with van der Waals surface area (Å²) in [5.41, 5.74) is 2.28. The Hall–Kier alpha value is -2.62. The van der Waals surface area contributed by atoms with Crippen LogP contribution in [0, 0.1) is 10.8 Å². The van der Waals surface area contributed by atoms with Crippen molar-refractivity contribution < 1.29 is 18.0 Å². The average molecular weight is 522 g/mol. The van der Waals surface area contributed by atoms with Gasteiger partial charge in [-0.3, -0.25) is 18.8 Å². The Kier molecular flexibility index (Phi) is 7.35. The topological polar surface area (TPSA) is 63.4 Å². The van der Waals surface area contributed by atoms with E-state index in [0.29, 0.717) is 25.3 Å². The second kappa shape index (κ2) is 9.93. The van der Waals surface area contributed by atoms with Crippen LogP contribution < -0.4 is 5.69 Å². The minimum Gasteiger partial charge on any atom is -0.332 e. The van der Waals surface area contributed by atoms with Crippen LogP contribution in [0.3, 0.4) is 0 Å². The lowest BCUT2D eigenvalue weighted by Gasteiger charge is -2.41. The summed E-state index contributed by atoms with van der Waals surface area (Å²) < 4.78 is 41.8. The molecule has 1 amide bonds. The smallest absolute Gasteiger partial charge is 0.332 e. The highest BCUT2D eigenvalue weighted by molar-refractivity contribution is 5.82. The molecule has 1 aliphatic heterocycles. The number of pyridine rings is 1. The number of aryl methyl sites for hydroxylation is 1. The SMILES string of the molecule is Cn1c(=O)n(CC(C)(C)C)c2ccc(C3CC=CCC(C)(CN4CCN(C(=O)C(F)(F)F)CC4)C3)nc21. The molecule has 1 fully saturated rings. The Labute approximate surface area is 215 Å². The number of halogens is 3. The van der Waals surface area contributed by atoms with Gasteiger partial charge in [-0.05, 0) is 42.2 Å². The lowest BCUT2D eigenvalue weighted by atomic mass is 9.77. The number of fused-ring (bicyclic) bond motifs is 1. The van der Waals surface area contributed by atoms with Crippen molar-refractivity contribution in [3.8, 4) is 0 Å². The fourth-order valence-corrected chi connectivity index (χ4v) is 5.71. The van der Waals surface area contributed by atoms with E-state index in [2.05, 4.69) is 44.7 Å². The third kappa shape index (κ3) is 6.10. The van der Waals surface area contributed by atoms with Gasteiger partial charge in [0.05, 0.1) is 5.52 Å². The first kappa shape index (κ1) is 27.4. The van der Waals surface area contributed by atoms with Gasteiger partial charge in [-0.2, -0.15) is 13.2 Å². The van der Waals surface area contributed by atoms with Gasteiger partial charge in [0.1, 0.15) is 0 Å². The van der Waals surface area contributed by atoms with Crippen molar-refractivity contribution in [1.82, 2.24) is 23.9 Å². The zero-order valence-electron chi connectivity index (χ0n) is 22.4. The van der Waals surface area contributed by atoms with Gasteiger partial charge in [0, 0.05) is 57.9 Å². The van der Waals surface area contributed by atoms with Crippen LogP contribution in [0.15, 0.2) is 29.1 Å². The van der Waals surface area contributed by atoms with Crippen LogP contribution in [-0.4, -0.2) is 68.7 Å². The number of carbonyl (C=O) groups is 1. The van der Waals surface area contributed by atoms with E-state index >= 15 is 0 Å². The molecule has 2 unspecified atom stereocenters. The Balaban J connectivity index is 1.50. The average Bonchev–Trinajstić information content (AvgIpc) is 2.94. The summed E-state index contributed by atoms with van der Waals surface area (Å²) in [5.74, 6) is -1.58. The molecule has 37 heavy (non-hydrogen) atoms. The number of aromatic nitrogens is 3. The van der Waals surface area contributed by atoms with Gasteiger partial charge >= 0.3 is 17.8 Å². The summed E-state index contributed by atoms with van der Waals surface area (Å²) in [7, 11) is 1.76. The molecule has 0 aromatic carbocycles. The fourth-order valence-electron chi connectivity index (χ4n) is 5.71. The summed E-state index contributed by atoms with van der Waals surface area (Å²) in [4.78, 5) is 32.5. The standard InChI is InChI=1S/C27H38F3N5O2/c1-25(2,3)17-35-21-10-9-20(31-22(21)32(5)24(35)37)19-8-6-7-11-26(4,16-19)18-33-12-14-34(15-13-33)23(36)27(28,29)30/h6-7,9-10,19H,8,11-18H2,1-5H3. The summed E-state index contributed by atoms with van der Waals surface area (Å²) in [5, 5.41) is 0.